The largest absolute Gasteiger partial charge is 0.464 e. The van der Waals surface area contributed by atoms with Gasteiger partial charge in [0.05, 0.1) is 11.6 Å². The third-order valence-electron chi connectivity index (χ3n) is 3.63. The van der Waals surface area contributed by atoms with Crippen LogP contribution in [0.1, 0.15) is 11.3 Å². The number of pyridine rings is 1. The van der Waals surface area contributed by atoms with E-state index < -0.39 is 0 Å². The predicted octanol–water partition coefficient (Wildman–Crippen LogP) is 4.93. The molecule has 4 aromatic rings. The highest BCUT2D eigenvalue weighted by Gasteiger charge is 2.15. The highest BCUT2D eigenvalue weighted by Crippen LogP contribution is 2.33. The fourth-order valence-electron chi connectivity index (χ4n) is 2.55. The molecule has 4 rings (SSSR count). The maximum Gasteiger partial charge on any atom is 0.183 e. The summed E-state index contributed by atoms with van der Waals surface area (Å²) in [6, 6.07) is 13.2. The third-order valence-corrected chi connectivity index (χ3v) is 3.88. The highest BCUT2D eigenvalue weighted by molar-refractivity contribution is 6.30. The summed E-state index contributed by atoms with van der Waals surface area (Å²) in [4.78, 5) is 8.98. The van der Waals surface area contributed by atoms with Gasteiger partial charge in [-0.25, -0.2) is 9.98 Å². The van der Waals surface area contributed by atoms with E-state index in [1.54, 1.807) is 12.5 Å². The molecule has 5 nitrogen and oxygen atoms in total. The van der Waals surface area contributed by atoms with Crippen molar-refractivity contribution in [1.82, 2.24) is 15.2 Å². The molecule has 118 valence electrons. The fraction of sp³-hybridized carbons (Fsp3) is 0.0556. The number of hydrogen-bond donors (Lipinski definition) is 1. The molecule has 0 radical (unpaired) electrons. The Morgan fingerprint density at radius 3 is 2.79 bits per heavy atom. The van der Waals surface area contributed by atoms with Gasteiger partial charge in [-0.3, -0.25) is 5.10 Å². The van der Waals surface area contributed by atoms with E-state index in [9.17, 15) is 0 Å². The SMILES string of the molecule is Cc1cc(-c2ccco2)c2c(N=Cc3ccc(Cl)cc3)n[nH]c2n1. The monoisotopic (exact) mass is 336 g/mol. The second kappa shape index (κ2) is 5.94. The summed E-state index contributed by atoms with van der Waals surface area (Å²) in [5.74, 6) is 1.33. The number of aromatic nitrogens is 3. The minimum atomic E-state index is 0.568. The van der Waals surface area contributed by atoms with Crippen LogP contribution in [-0.4, -0.2) is 21.4 Å². The van der Waals surface area contributed by atoms with Crippen LogP contribution in [0.4, 0.5) is 5.82 Å². The van der Waals surface area contributed by atoms with Crippen molar-refractivity contribution in [2.24, 2.45) is 4.99 Å². The molecule has 0 aliphatic rings. The number of H-pyrrole nitrogens is 1. The number of hydrogen-bond acceptors (Lipinski definition) is 4. The lowest BCUT2D eigenvalue weighted by atomic mass is 10.1. The van der Waals surface area contributed by atoms with E-state index in [-0.39, 0.29) is 0 Å². The molecular formula is C18H13ClN4O. The van der Waals surface area contributed by atoms with Gasteiger partial charge in [-0.15, -0.1) is 0 Å². The molecule has 24 heavy (non-hydrogen) atoms. The van der Waals surface area contributed by atoms with Crippen molar-refractivity contribution < 1.29 is 4.42 Å². The zero-order chi connectivity index (χ0) is 16.5. The van der Waals surface area contributed by atoms with Crippen molar-refractivity contribution in [3.05, 3.63) is 65.0 Å². The third kappa shape index (κ3) is 2.70. The van der Waals surface area contributed by atoms with Crippen LogP contribution in [0, 0.1) is 6.92 Å². The van der Waals surface area contributed by atoms with Gasteiger partial charge in [0, 0.05) is 22.5 Å². The lowest BCUT2D eigenvalue weighted by Crippen LogP contribution is -1.86. The van der Waals surface area contributed by atoms with E-state index in [4.69, 9.17) is 16.0 Å². The van der Waals surface area contributed by atoms with Gasteiger partial charge in [-0.2, -0.15) is 5.10 Å². The summed E-state index contributed by atoms with van der Waals surface area (Å²) < 4.78 is 5.55. The number of benzene rings is 1. The maximum absolute atomic E-state index is 5.90. The Labute approximate surface area is 143 Å². The lowest BCUT2D eigenvalue weighted by Gasteiger charge is -2.02. The van der Waals surface area contributed by atoms with E-state index in [2.05, 4.69) is 20.2 Å². The van der Waals surface area contributed by atoms with Crippen molar-refractivity contribution in [2.75, 3.05) is 0 Å². The van der Waals surface area contributed by atoms with Crippen molar-refractivity contribution in [3.63, 3.8) is 0 Å². The molecule has 0 saturated heterocycles. The number of furan rings is 1. The predicted molar refractivity (Wildman–Crippen MR) is 95.0 cm³/mol. The van der Waals surface area contributed by atoms with Gasteiger partial charge in [0.15, 0.2) is 11.5 Å². The van der Waals surface area contributed by atoms with Gasteiger partial charge in [0.25, 0.3) is 0 Å². The van der Waals surface area contributed by atoms with Crippen molar-refractivity contribution in [1.29, 1.82) is 0 Å². The Kier molecular flexibility index (Phi) is 3.63. The number of fused-ring (bicyclic) bond motifs is 1. The molecule has 0 aliphatic heterocycles. The number of halogens is 1. The zero-order valence-electron chi connectivity index (χ0n) is 12.8. The van der Waals surface area contributed by atoms with Crippen LogP contribution < -0.4 is 0 Å². The molecule has 0 spiro atoms. The van der Waals surface area contributed by atoms with Crippen LogP contribution >= 0.6 is 11.6 Å². The molecule has 3 heterocycles. The fourth-order valence-corrected chi connectivity index (χ4v) is 2.67. The first kappa shape index (κ1) is 14.7. The molecule has 0 unspecified atom stereocenters. The molecule has 0 amide bonds. The molecule has 1 aromatic carbocycles. The van der Waals surface area contributed by atoms with Crippen LogP contribution in [-0.2, 0) is 0 Å². The van der Waals surface area contributed by atoms with E-state index in [0.717, 1.165) is 28.0 Å². The van der Waals surface area contributed by atoms with Crippen LogP contribution in [0.25, 0.3) is 22.4 Å². The van der Waals surface area contributed by atoms with Crippen molar-refractivity contribution >= 4 is 34.7 Å². The number of aliphatic imine (C=N–C) groups is 1. The maximum atomic E-state index is 5.90. The Hall–Kier alpha value is -2.92. The summed E-state index contributed by atoms with van der Waals surface area (Å²) in [5, 5.41) is 8.75. The Morgan fingerprint density at radius 2 is 2.04 bits per heavy atom. The van der Waals surface area contributed by atoms with Crippen molar-refractivity contribution in [2.45, 2.75) is 6.92 Å². The normalized spacial score (nSPS) is 11.6. The lowest BCUT2D eigenvalue weighted by molar-refractivity contribution is 0.583. The molecule has 0 saturated carbocycles. The van der Waals surface area contributed by atoms with E-state index in [0.29, 0.717) is 16.5 Å². The van der Waals surface area contributed by atoms with Gasteiger partial charge in [-0.05, 0) is 42.8 Å². The minimum absolute atomic E-state index is 0.568. The van der Waals surface area contributed by atoms with Crippen LogP contribution in [0.15, 0.2) is 58.1 Å². The number of aromatic amines is 1. The van der Waals surface area contributed by atoms with Gasteiger partial charge < -0.3 is 4.42 Å². The number of nitrogens with one attached hydrogen (secondary N) is 1. The first-order valence-electron chi connectivity index (χ1n) is 7.40. The molecule has 0 atom stereocenters. The van der Waals surface area contributed by atoms with E-state index >= 15 is 0 Å². The molecule has 1 N–H and O–H groups in total. The highest BCUT2D eigenvalue weighted by atomic mass is 35.5. The summed E-state index contributed by atoms with van der Waals surface area (Å²) >= 11 is 5.90. The molecule has 0 bridgehead atoms. The summed E-state index contributed by atoms with van der Waals surface area (Å²) in [5.41, 5.74) is 3.42. The van der Waals surface area contributed by atoms with Gasteiger partial charge in [0.2, 0.25) is 0 Å². The molecular weight excluding hydrogens is 324 g/mol. The van der Waals surface area contributed by atoms with Gasteiger partial charge >= 0.3 is 0 Å². The first-order chi connectivity index (χ1) is 11.7. The summed E-state index contributed by atoms with van der Waals surface area (Å²) in [6.07, 6.45) is 3.39. The minimum Gasteiger partial charge on any atom is -0.464 e. The zero-order valence-corrected chi connectivity index (χ0v) is 13.6. The second-order valence-electron chi connectivity index (χ2n) is 5.37. The summed E-state index contributed by atoms with van der Waals surface area (Å²) in [7, 11) is 0. The molecule has 6 heteroatoms. The van der Waals surface area contributed by atoms with Gasteiger partial charge in [-0.1, -0.05) is 23.7 Å². The Bertz CT molecular complexity index is 1020. The van der Waals surface area contributed by atoms with Crippen LogP contribution in [0.2, 0.25) is 5.02 Å². The molecule has 0 aliphatic carbocycles. The smallest absolute Gasteiger partial charge is 0.183 e. The van der Waals surface area contributed by atoms with E-state index in [1.807, 2.05) is 49.4 Å². The average molecular weight is 337 g/mol. The first-order valence-corrected chi connectivity index (χ1v) is 7.78. The summed E-state index contributed by atoms with van der Waals surface area (Å²) in [6.45, 7) is 1.93. The van der Waals surface area contributed by atoms with Crippen LogP contribution in [0.5, 0.6) is 0 Å². The molecule has 0 fully saturated rings. The quantitative estimate of drug-likeness (QED) is 0.539. The molecule has 3 aromatic heterocycles. The van der Waals surface area contributed by atoms with Crippen LogP contribution in [0.3, 0.4) is 0 Å². The number of rotatable bonds is 3. The standard InChI is InChI=1S/C18H13ClN4O/c1-11-9-14(15-3-2-8-24-15)16-17(22-23-18(16)21-11)20-10-12-4-6-13(19)7-5-12/h2-10H,1H3,(H,21,22,23). The van der Waals surface area contributed by atoms with E-state index in [1.165, 1.54) is 0 Å². The van der Waals surface area contributed by atoms with Gasteiger partial charge in [0.1, 0.15) is 5.76 Å². The second-order valence-corrected chi connectivity index (χ2v) is 5.81. The topological polar surface area (TPSA) is 67.1 Å². The average Bonchev–Trinajstić information content (AvgIpc) is 3.23. The Balaban J connectivity index is 1.83. The Morgan fingerprint density at radius 1 is 1.21 bits per heavy atom. The number of nitrogens with zero attached hydrogens (tertiary/aromatic N) is 3. The van der Waals surface area contributed by atoms with Crippen molar-refractivity contribution in [3.8, 4) is 11.3 Å². The number of aryl methyl sites for hydroxylation is 1.